The minimum atomic E-state index is -0.802. The molecule has 4 nitrogen and oxygen atoms in total. The predicted molar refractivity (Wildman–Crippen MR) is 54.4 cm³/mol. The van der Waals surface area contributed by atoms with Crippen molar-refractivity contribution in [3.8, 4) is 0 Å². The van der Waals surface area contributed by atoms with Gasteiger partial charge in [-0.15, -0.1) is 0 Å². The molecule has 0 bridgehead atoms. The van der Waals surface area contributed by atoms with Gasteiger partial charge in [-0.3, -0.25) is 4.79 Å². The third kappa shape index (κ3) is 2.07. The van der Waals surface area contributed by atoms with Crippen molar-refractivity contribution in [2.45, 2.75) is 27.2 Å². The van der Waals surface area contributed by atoms with Crippen LogP contribution in [0.25, 0.3) is 0 Å². The molecule has 1 amide bonds. The molecule has 0 aromatic heterocycles. The molecule has 0 aromatic rings. The zero-order chi connectivity index (χ0) is 11.4. The van der Waals surface area contributed by atoms with Gasteiger partial charge in [-0.25, -0.2) is 0 Å². The first kappa shape index (κ1) is 13.4. The summed E-state index contributed by atoms with van der Waals surface area (Å²) >= 11 is 0. The van der Waals surface area contributed by atoms with Crippen LogP contribution in [0.15, 0.2) is 0 Å². The standard InChI is InChI=1S/C10H21NO3/c1-4-10(9(11)14,7(2)5-12)8(3)6-13/h7-8,12-13H,4-6H2,1-3H3,(H2,11,14). The Hall–Kier alpha value is -0.610. The molecule has 0 aliphatic heterocycles. The van der Waals surface area contributed by atoms with E-state index in [1.165, 1.54) is 0 Å². The summed E-state index contributed by atoms with van der Waals surface area (Å²) in [4.78, 5) is 11.5. The van der Waals surface area contributed by atoms with E-state index < -0.39 is 11.3 Å². The molecule has 2 unspecified atom stereocenters. The number of aliphatic hydroxyl groups is 2. The number of hydrogen-bond acceptors (Lipinski definition) is 3. The molecule has 84 valence electrons. The molecule has 0 spiro atoms. The summed E-state index contributed by atoms with van der Waals surface area (Å²) in [5.74, 6) is -0.901. The van der Waals surface area contributed by atoms with E-state index in [1.54, 1.807) is 13.8 Å². The summed E-state index contributed by atoms with van der Waals surface area (Å²) in [6.45, 7) is 5.21. The lowest BCUT2D eigenvalue weighted by molar-refractivity contribution is -0.137. The molecule has 4 heteroatoms. The van der Waals surface area contributed by atoms with Crippen LogP contribution < -0.4 is 5.73 Å². The van der Waals surface area contributed by atoms with Gasteiger partial charge in [-0.2, -0.15) is 0 Å². The number of carbonyl (C=O) groups excluding carboxylic acids is 1. The second-order valence-corrected chi connectivity index (χ2v) is 3.93. The van der Waals surface area contributed by atoms with E-state index in [0.29, 0.717) is 6.42 Å². The van der Waals surface area contributed by atoms with E-state index in [9.17, 15) is 4.79 Å². The van der Waals surface area contributed by atoms with E-state index in [1.807, 2.05) is 6.92 Å². The van der Waals surface area contributed by atoms with Crippen LogP contribution in [-0.4, -0.2) is 29.3 Å². The summed E-state index contributed by atoms with van der Waals surface area (Å²) < 4.78 is 0. The third-order valence-electron chi connectivity index (χ3n) is 3.35. The lowest BCUT2D eigenvalue weighted by atomic mass is 9.65. The van der Waals surface area contributed by atoms with E-state index >= 15 is 0 Å². The normalized spacial score (nSPS) is 19.8. The van der Waals surface area contributed by atoms with E-state index in [2.05, 4.69) is 0 Å². The number of carbonyl (C=O) groups is 1. The fourth-order valence-corrected chi connectivity index (χ4v) is 2.17. The van der Waals surface area contributed by atoms with E-state index in [4.69, 9.17) is 15.9 Å². The van der Waals surface area contributed by atoms with Crippen LogP contribution >= 0.6 is 0 Å². The Morgan fingerprint density at radius 2 is 1.64 bits per heavy atom. The van der Waals surface area contributed by atoms with Gasteiger partial charge in [0.1, 0.15) is 0 Å². The van der Waals surface area contributed by atoms with E-state index in [0.717, 1.165) is 0 Å². The molecule has 0 saturated carbocycles. The minimum Gasteiger partial charge on any atom is -0.396 e. The maximum atomic E-state index is 11.5. The third-order valence-corrected chi connectivity index (χ3v) is 3.35. The summed E-state index contributed by atoms with van der Waals surface area (Å²) in [6.07, 6.45) is 0.534. The molecular formula is C10H21NO3. The Bertz CT molecular complexity index is 184. The molecule has 0 rings (SSSR count). The Kier molecular flexibility index (Phi) is 5.08. The van der Waals surface area contributed by atoms with Gasteiger partial charge in [0.25, 0.3) is 0 Å². The van der Waals surface area contributed by atoms with Gasteiger partial charge in [-0.05, 0) is 18.3 Å². The average molecular weight is 203 g/mol. The molecule has 0 radical (unpaired) electrons. The highest BCUT2D eigenvalue weighted by molar-refractivity contribution is 5.81. The van der Waals surface area contributed by atoms with Gasteiger partial charge in [0.15, 0.2) is 0 Å². The molecule has 0 heterocycles. The van der Waals surface area contributed by atoms with Crippen molar-refractivity contribution in [1.29, 1.82) is 0 Å². The van der Waals surface area contributed by atoms with Crippen molar-refractivity contribution in [3.63, 3.8) is 0 Å². The zero-order valence-electron chi connectivity index (χ0n) is 9.16. The van der Waals surface area contributed by atoms with Crippen LogP contribution in [0.2, 0.25) is 0 Å². The van der Waals surface area contributed by atoms with Gasteiger partial charge in [0.05, 0.1) is 5.41 Å². The Morgan fingerprint density at radius 3 is 1.79 bits per heavy atom. The quantitative estimate of drug-likeness (QED) is 0.573. The molecule has 0 saturated heterocycles. The maximum Gasteiger partial charge on any atom is 0.224 e. The Balaban J connectivity index is 5.07. The Labute approximate surface area is 85.1 Å². The summed E-state index contributed by atoms with van der Waals surface area (Å²) in [6, 6.07) is 0. The number of rotatable bonds is 6. The summed E-state index contributed by atoms with van der Waals surface area (Å²) in [5.41, 5.74) is 4.57. The molecule has 0 aromatic carbocycles. The van der Waals surface area contributed by atoms with Crippen molar-refractivity contribution in [1.82, 2.24) is 0 Å². The first-order valence-corrected chi connectivity index (χ1v) is 4.98. The number of nitrogens with two attached hydrogens (primary N) is 1. The molecule has 2 atom stereocenters. The SMILES string of the molecule is CCC(C(N)=O)(C(C)CO)C(C)CO. The summed E-state index contributed by atoms with van der Waals surface area (Å²) in [7, 11) is 0. The smallest absolute Gasteiger partial charge is 0.224 e. The van der Waals surface area contributed by atoms with Crippen LogP contribution in [0.3, 0.4) is 0 Å². The number of primary amides is 1. The van der Waals surface area contributed by atoms with Crippen molar-refractivity contribution < 1.29 is 15.0 Å². The van der Waals surface area contributed by atoms with Crippen LogP contribution in [0, 0.1) is 17.3 Å². The summed E-state index contributed by atoms with van der Waals surface area (Å²) in [5, 5.41) is 18.2. The van der Waals surface area contributed by atoms with Gasteiger partial charge >= 0.3 is 0 Å². The first-order chi connectivity index (χ1) is 6.47. The topological polar surface area (TPSA) is 83.6 Å². The van der Waals surface area contributed by atoms with Gasteiger partial charge in [0.2, 0.25) is 5.91 Å². The first-order valence-electron chi connectivity index (χ1n) is 4.98. The molecule has 0 fully saturated rings. The molecule has 0 aliphatic carbocycles. The van der Waals surface area contributed by atoms with Crippen molar-refractivity contribution in [2.75, 3.05) is 13.2 Å². The molecule has 4 N–H and O–H groups in total. The van der Waals surface area contributed by atoms with Crippen molar-refractivity contribution in [2.24, 2.45) is 23.0 Å². The fraction of sp³-hybridized carbons (Fsp3) is 0.900. The lowest BCUT2D eigenvalue weighted by Gasteiger charge is -2.39. The van der Waals surface area contributed by atoms with Crippen molar-refractivity contribution >= 4 is 5.91 Å². The van der Waals surface area contributed by atoms with Gasteiger partial charge in [-0.1, -0.05) is 20.8 Å². The minimum absolute atomic E-state index is 0.0961. The molecule has 14 heavy (non-hydrogen) atoms. The molecular weight excluding hydrogens is 182 g/mol. The lowest BCUT2D eigenvalue weighted by Crippen LogP contribution is -2.49. The number of hydrogen-bond donors (Lipinski definition) is 3. The largest absolute Gasteiger partial charge is 0.396 e. The number of aliphatic hydroxyl groups excluding tert-OH is 2. The zero-order valence-corrected chi connectivity index (χ0v) is 9.16. The average Bonchev–Trinajstić information content (AvgIpc) is 2.18. The van der Waals surface area contributed by atoms with E-state index in [-0.39, 0.29) is 25.0 Å². The highest BCUT2D eigenvalue weighted by Gasteiger charge is 2.44. The van der Waals surface area contributed by atoms with Crippen LogP contribution in [-0.2, 0) is 4.79 Å². The highest BCUT2D eigenvalue weighted by Crippen LogP contribution is 2.38. The van der Waals surface area contributed by atoms with Crippen molar-refractivity contribution in [3.05, 3.63) is 0 Å². The Morgan fingerprint density at radius 1 is 1.29 bits per heavy atom. The maximum absolute atomic E-state index is 11.5. The van der Waals surface area contributed by atoms with Crippen LogP contribution in [0.1, 0.15) is 27.2 Å². The van der Waals surface area contributed by atoms with Gasteiger partial charge in [0, 0.05) is 13.2 Å². The second kappa shape index (κ2) is 5.32. The van der Waals surface area contributed by atoms with Gasteiger partial charge < -0.3 is 15.9 Å². The van der Waals surface area contributed by atoms with Crippen LogP contribution in [0.4, 0.5) is 0 Å². The highest BCUT2D eigenvalue weighted by atomic mass is 16.3. The van der Waals surface area contributed by atoms with Crippen LogP contribution in [0.5, 0.6) is 0 Å². The fourth-order valence-electron chi connectivity index (χ4n) is 2.17. The molecule has 0 aliphatic rings. The second-order valence-electron chi connectivity index (χ2n) is 3.93. The predicted octanol–water partition coefficient (Wildman–Crippen LogP) is 0.125. The monoisotopic (exact) mass is 203 g/mol. The number of amides is 1.